The van der Waals surface area contributed by atoms with Crippen LogP contribution in [-0.4, -0.2) is 18.3 Å². The lowest BCUT2D eigenvalue weighted by Crippen LogP contribution is -2.17. The van der Waals surface area contributed by atoms with Crippen LogP contribution in [0.15, 0.2) is 18.2 Å². The van der Waals surface area contributed by atoms with Gasteiger partial charge in [0.25, 0.3) is 0 Å². The molecule has 1 rings (SSSR count). The predicted molar refractivity (Wildman–Crippen MR) is 74.6 cm³/mol. The van der Waals surface area contributed by atoms with Gasteiger partial charge in [-0.05, 0) is 42.4 Å². The van der Waals surface area contributed by atoms with Gasteiger partial charge >= 0.3 is 0 Å². The van der Waals surface area contributed by atoms with E-state index in [9.17, 15) is 5.11 Å². The smallest absolute Gasteiger partial charge is 0.0475 e. The monoisotopic (exact) mass is 235 g/mol. The summed E-state index contributed by atoms with van der Waals surface area (Å²) in [7, 11) is 0. The largest absolute Gasteiger partial charge is 0.396 e. The van der Waals surface area contributed by atoms with Gasteiger partial charge in [-0.3, -0.25) is 0 Å². The summed E-state index contributed by atoms with van der Waals surface area (Å²) < 4.78 is 0. The Morgan fingerprint density at radius 3 is 2.53 bits per heavy atom. The first-order chi connectivity index (χ1) is 8.08. The second kappa shape index (κ2) is 6.65. The maximum atomic E-state index is 9.18. The molecule has 96 valence electrons. The number of hydrogen-bond donors (Lipinski definition) is 2. The Balaban J connectivity index is 2.72. The van der Waals surface area contributed by atoms with Crippen molar-refractivity contribution in [3.05, 3.63) is 29.3 Å². The first kappa shape index (κ1) is 14.0. The standard InChI is InChI=1S/C15H25NO/c1-5-13(10-17)9-16-15-8-14(11(2)3)7-6-12(15)4/h6-8,11,13,16-17H,5,9-10H2,1-4H3. The molecule has 0 aliphatic heterocycles. The van der Waals surface area contributed by atoms with Crippen LogP contribution in [0, 0.1) is 12.8 Å². The van der Waals surface area contributed by atoms with Gasteiger partial charge in [-0.25, -0.2) is 0 Å². The van der Waals surface area contributed by atoms with Gasteiger partial charge in [0.05, 0.1) is 0 Å². The average Bonchev–Trinajstić information content (AvgIpc) is 2.32. The molecule has 0 fully saturated rings. The summed E-state index contributed by atoms with van der Waals surface area (Å²) in [5.74, 6) is 0.896. The molecule has 0 bridgehead atoms. The van der Waals surface area contributed by atoms with Crippen LogP contribution in [0.2, 0.25) is 0 Å². The fourth-order valence-electron chi connectivity index (χ4n) is 1.78. The van der Waals surface area contributed by atoms with E-state index in [1.54, 1.807) is 0 Å². The number of benzene rings is 1. The predicted octanol–water partition coefficient (Wildman–Crippen LogP) is 3.55. The van der Waals surface area contributed by atoms with Gasteiger partial charge < -0.3 is 10.4 Å². The van der Waals surface area contributed by atoms with Gasteiger partial charge in [0.1, 0.15) is 0 Å². The van der Waals surface area contributed by atoms with Crippen LogP contribution in [0.25, 0.3) is 0 Å². The van der Waals surface area contributed by atoms with Gasteiger partial charge in [-0.15, -0.1) is 0 Å². The second-order valence-corrected chi connectivity index (χ2v) is 5.07. The van der Waals surface area contributed by atoms with E-state index < -0.39 is 0 Å². The van der Waals surface area contributed by atoms with E-state index >= 15 is 0 Å². The van der Waals surface area contributed by atoms with Crippen LogP contribution in [0.1, 0.15) is 44.2 Å². The fourth-order valence-corrected chi connectivity index (χ4v) is 1.78. The Kier molecular flexibility index (Phi) is 5.49. The number of rotatable bonds is 6. The zero-order valence-electron chi connectivity index (χ0n) is 11.5. The number of aliphatic hydroxyl groups excluding tert-OH is 1. The molecule has 0 saturated heterocycles. The highest BCUT2D eigenvalue weighted by Gasteiger charge is 2.07. The summed E-state index contributed by atoms with van der Waals surface area (Å²) in [6, 6.07) is 6.58. The molecule has 1 aromatic carbocycles. The molecule has 1 atom stereocenters. The molecule has 2 N–H and O–H groups in total. The average molecular weight is 235 g/mol. The molecule has 17 heavy (non-hydrogen) atoms. The molecule has 0 aliphatic carbocycles. The fraction of sp³-hybridized carbons (Fsp3) is 0.600. The molecule has 0 saturated carbocycles. The van der Waals surface area contributed by atoms with Gasteiger partial charge in [-0.2, -0.15) is 0 Å². The highest BCUT2D eigenvalue weighted by atomic mass is 16.3. The topological polar surface area (TPSA) is 32.3 Å². The van der Waals surface area contributed by atoms with Crippen molar-refractivity contribution < 1.29 is 5.11 Å². The summed E-state index contributed by atoms with van der Waals surface area (Å²) in [6.07, 6.45) is 1.01. The van der Waals surface area contributed by atoms with E-state index in [-0.39, 0.29) is 6.61 Å². The third-order valence-electron chi connectivity index (χ3n) is 3.35. The molecule has 1 aromatic rings. The van der Waals surface area contributed by atoms with Crippen LogP contribution in [-0.2, 0) is 0 Å². The molecule has 2 nitrogen and oxygen atoms in total. The summed E-state index contributed by atoms with van der Waals surface area (Å²) in [5, 5.41) is 12.6. The Bertz CT molecular complexity index is 343. The molecule has 0 aromatic heterocycles. The highest BCUT2D eigenvalue weighted by Crippen LogP contribution is 2.22. The lowest BCUT2D eigenvalue weighted by molar-refractivity contribution is 0.230. The van der Waals surface area contributed by atoms with E-state index in [0.717, 1.165) is 13.0 Å². The third kappa shape index (κ3) is 4.04. The van der Waals surface area contributed by atoms with Crippen molar-refractivity contribution in [2.24, 2.45) is 5.92 Å². The maximum Gasteiger partial charge on any atom is 0.0475 e. The van der Waals surface area contributed by atoms with Crippen molar-refractivity contribution in [2.45, 2.75) is 40.0 Å². The van der Waals surface area contributed by atoms with Crippen LogP contribution in [0.3, 0.4) is 0 Å². The van der Waals surface area contributed by atoms with Gasteiger partial charge in [0.15, 0.2) is 0 Å². The minimum Gasteiger partial charge on any atom is -0.396 e. The second-order valence-electron chi connectivity index (χ2n) is 5.07. The van der Waals surface area contributed by atoms with E-state index in [2.05, 4.69) is 51.2 Å². The normalized spacial score (nSPS) is 12.8. The quantitative estimate of drug-likeness (QED) is 0.790. The van der Waals surface area contributed by atoms with Crippen LogP contribution in [0.4, 0.5) is 5.69 Å². The van der Waals surface area contributed by atoms with Gasteiger partial charge in [0, 0.05) is 18.8 Å². The maximum absolute atomic E-state index is 9.18. The van der Waals surface area contributed by atoms with Crippen LogP contribution < -0.4 is 5.32 Å². The number of aryl methyl sites for hydroxylation is 1. The molecular weight excluding hydrogens is 210 g/mol. The van der Waals surface area contributed by atoms with Crippen LogP contribution in [0.5, 0.6) is 0 Å². The number of nitrogens with one attached hydrogen (secondary N) is 1. The van der Waals surface area contributed by atoms with E-state index in [1.807, 2.05) is 0 Å². The summed E-state index contributed by atoms with van der Waals surface area (Å²) >= 11 is 0. The lowest BCUT2D eigenvalue weighted by Gasteiger charge is -2.17. The van der Waals surface area contributed by atoms with E-state index in [4.69, 9.17) is 0 Å². The first-order valence-electron chi connectivity index (χ1n) is 6.53. The number of anilines is 1. The molecule has 2 heteroatoms. The highest BCUT2D eigenvalue weighted by molar-refractivity contribution is 5.53. The summed E-state index contributed by atoms with van der Waals surface area (Å²) in [5.41, 5.74) is 3.82. The molecule has 0 radical (unpaired) electrons. The molecule has 0 aliphatic rings. The van der Waals surface area contributed by atoms with Crippen molar-refractivity contribution in [3.8, 4) is 0 Å². The van der Waals surface area contributed by atoms with Crippen LogP contribution >= 0.6 is 0 Å². The van der Waals surface area contributed by atoms with Crippen molar-refractivity contribution in [3.63, 3.8) is 0 Å². The van der Waals surface area contributed by atoms with E-state index in [1.165, 1.54) is 16.8 Å². The summed E-state index contributed by atoms with van der Waals surface area (Å²) in [4.78, 5) is 0. The van der Waals surface area contributed by atoms with Crippen molar-refractivity contribution >= 4 is 5.69 Å². The Morgan fingerprint density at radius 1 is 1.29 bits per heavy atom. The molecular formula is C15H25NO. The lowest BCUT2D eigenvalue weighted by atomic mass is 10.00. The molecule has 0 spiro atoms. The molecule has 1 unspecified atom stereocenters. The van der Waals surface area contributed by atoms with Gasteiger partial charge in [0.2, 0.25) is 0 Å². The van der Waals surface area contributed by atoms with Crippen molar-refractivity contribution in [1.82, 2.24) is 0 Å². The van der Waals surface area contributed by atoms with E-state index in [0.29, 0.717) is 11.8 Å². The Labute approximate surface area is 105 Å². The molecule has 0 amide bonds. The van der Waals surface area contributed by atoms with Crippen molar-refractivity contribution in [2.75, 3.05) is 18.5 Å². The minimum absolute atomic E-state index is 0.256. The van der Waals surface area contributed by atoms with Crippen molar-refractivity contribution in [1.29, 1.82) is 0 Å². The minimum atomic E-state index is 0.256. The number of aliphatic hydroxyl groups is 1. The Hall–Kier alpha value is -1.02. The first-order valence-corrected chi connectivity index (χ1v) is 6.53. The third-order valence-corrected chi connectivity index (χ3v) is 3.35. The zero-order valence-corrected chi connectivity index (χ0v) is 11.5. The zero-order chi connectivity index (χ0) is 12.8. The molecule has 0 heterocycles. The SMILES string of the molecule is CCC(CO)CNc1cc(C(C)C)ccc1C. The number of hydrogen-bond acceptors (Lipinski definition) is 2. The van der Waals surface area contributed by atoms with Gasteiger partial charge in [-0.1, -0.05) is 32.9 Å². The summed E-state index contributed by atoms with van der Waals surface area (Å²) in [6.45, 7) is 9.74. The Morgan fingerprint density at radius 2 is 2.00 bits per heavy atom.